The summed E-state index contributed by atoms with van der Waals surface area (Å²) in [6, 6.07) is 60.6. The zero-order valence-electron chi connectivity index (χ0n) is 27.1. The first-order valence-electron chi connectivity index (χ1n) is 16.6. The van der Waals surface area contributed by atoms with Crippen LogP contribution < -0.4 is 9.97 Å². The van der Waals surface area contributed by atoms with Gasteiger partial charge in [-0.3, -0.25) is 0 Å². The Morgan fingerprint density at radius 2 is 0.510 bits per heavy atom. The Morgan fingerprint density at radius 3 is 0.735 bits per heavy atom. The van der Waals surface area contributed by atoms with Gasteiger partial charge in [0.05, 0.1) is 0 Å². The molecule has 1 aliphatic rings. The molecule has 0 radical (unpaired) electrons. The molecule has 0 amide bonds. The first-order chi connectivity index (χ1) is 23.8. The molecule has 4 unspecified atom stereocenters. The van der Waals surface area contributed by atoms with Gasteiger partial charge in [-0.1, -0.05) is 146 Å². The average Bonchev–Trinajstić information content (AvgIpc) is 3.98. The molecule has 0 fully saturated rings. The van der Waals surface area contributed by atoms with Crippen LogP contribution in [0.1, 0.15) is 91.5 Å². The summed E-state index contributed by atoms with van der Waals surface area (Å²) in [5.74, 6) is -0.225. The minimum absolute atomic E-state index is 0. The monoisotopic (exact) mass is 682 g/mol. The molecule has 4 nitrogen and oxygen atoms in total. The summed E-state index contributed by atoms with van der Waals surface area (Å²) in [7, 11) is 0. The molecule has 5 heterocycles. The van der Waals surface area contributed by atoms with Crippen LogP contribution in [0.2, 0.25) is 0 Å². The van der Waals surface area contributed by atoms with Gasteiger partial charge < -0.3 is 19.9 Å². The summed E-state index contributed by atoms with van der Waals surface area (Å²) in [6.07, 6.45) is 0. The largest absolute Gasteiger partial charge is 2.00 e. The Bertz CT molecular complexity index is 1860. The molecular weight excluding hydrogens is 650 g/mol. The van der Waals surface area contributed by atoms with Gasteiger partial charge >= 0.3 is 19.5 Å². The van der Waals surface area contributed by atoms with Gasteiger partial charge in [0.1, 0.15) is 0 Å². The van der Waals surface area contributed by atoms with Crippen LogP contribution in [0.5, 0.6) is 0 Å². The van der Waals surface area contributed by atoms with Crippen LogP contribution in [0.4, 0.5) is 0 Å². The molecule has 2 N–H and O–H groups in total. The van der Waals surface area contributed by atoms with Gasteiger partial charge in [-0.15, -0.1) is 22.8 Å². The van der Waals surface area contributed by atoms with E-state index in [2.05, 4.69) is 180 Å². The second kappa shape index (κ2) is 13.3. The van der Waals surface area contributed by atoms with E-state index in [1.54, 1.807) is 0 Å². The second-order valence-corrected chi connectivity index (χ2v) is 12.7. The molecule has 232 valence electrons. The number of hydrogen-bond acceptors (Lipinski definition) is 0. The zero-order valence-corrected chi connectivity index (χ0v) is 30.0. The standard InChI is InChI=1S/C44H34N4.Zn/c1-5-13-29(14-6-1)41-33-21-23-35(45-33)42(30-15-7-2-8-16-30)37-25-27-39(47-37)44(32-19-11-4-12-20-32)40-28-26-38(48-40)43(31-17-9-3-10-18-31)36-24-22-34(41)46-36;/h1-28,41-45,48H;/q-2;+2. The fourth-order valence-corrected chi connectivity index (χ4v) is 7.59. The predicted octanol–water partition coefficient (Wildman–Crippen LogP) is 9.29. The number of hydrogen-bond donors (Lipinski definition) is 2. The van der Waals surface area contributed by atoms with E-state index in [1.165, 1.54) is 22.3 Å². The molecule has 9 rings (SSSR count). The Labute approximate surface area is 299 Å². The van der Waals surface area contributed by atoms with Gasteiger partial charge in [-0.05, 0) is 46.5 Å². The number of aromatic amines is 2. The Kier molecular flexibility index (Phi) is 8.37. The number of benzene rings is 4. The molecular formula is C44H34N4Zn. The molecule has 4 aromatic carbocycles. The van der Waals surface area contributed by atoms with E-state index in [0.29, 0.717) is 0 Å². The van der Waals surface area contributed by atoms with Crippen molar-refractivity contribution in [3.8, 4) is 0 Å². The van der Waals surface area contributed by atoms with Crippen molar-refractivity contribution in [3.63, 3.8) is 0 Å². The van der Waals surface area contributed by atoms with E-state index in [4.69, 9.17) is 9.97 Å². The molecule has 8 aromatic rings. The van der Waals surface area contributed by atoms with Crippen molar-refractivity contribution in [2.75, 3.05) is 0 Å². The fourth-order valence-electron chi connectivity index (χ4n) is 7.59. The van der Waals surface area contributed by atoms with Gasteiger partial charge in [0.15, 0.2) is 0 Å². The van der Waals surface area contributed by atoms with Gasteiger partial charge in [-0.25, -0.2) is 0 Å². The van der Waals surface area contributed by atoms with Crippen molar-refractivity contribution in [1.29, 1.82) is 0 Å². The number of aromatic nitrogens is 4. The predicted molar refractivity (Wildman–Crippen MR) is 191 cm³/mol. The fraction of sp³-hybridized carbons (Fsp3) is 0.0909. The molecule has 4 aromatic heterocycles. The minimum atomic E-state index is -0.0562. The maximum Gasteiger partial charge on any atom is 2.00 e. The van der Waals surface area contributed by atoms with E-state index in [1.807, 2.05) is 0 Å². The van der Waals surface area contributed by atoms with Gasteiger partial charge in [0.25, 0.3) is 0 Å². The van der Waals surface area contributed by atoms with E-state index < -0.39 is 0 Å². The average molecular weight is 684 g/mol. The third-order valence-corrected chi connectivity index (χ3v) is 9.79. The van der Waals surface area contributed by atoms with Crippen molar-refractivity contribution >= 4 is 0 Å². The quantitative estimate of drug-likeness (QED) is 0.182. The van der Waals surface area contributed by atoms with Crippen LogP contribution in [0.25, 0.3) is 0 Å². The third-order valence-electron chi connectivity index (χ3n) is 9.79. The molecule has 4 atom stereocenters. The van der Waals surface area contributed by atoms with Crippen LogP contribution in [0, 0.1) is 0 Å². The number of nitrogens with zero attached hydrogens (tertiary/aromatic N) is 2. The summed E-state index contributed by atoms with van der Waals surface area (Å²) in [6.45, 7) is 0. The molecule has 0 saturated heterocycles. The van der Waals surface area contributed by atoms with Crippen molar-refractivity contribution < 1.29 is 19.5 Å². The molecule has 0 aliphatic carbocycles. The normalized spacial score (nSPS) is 18.4. The van der Waals surface area contributed by atoms with E-state index >= 15 is 0 Å². The molecule has 1 aliphatic heterocycles. The van der Waals surface area contributed by atoms with Crippen molar-refractivity contribution in [1.82, 2.24) is 19.9 Å². The van der Waals surface area contributed by atoms with E-state index in [-0.39, 0.29) is 43.1 Å². The molecule has 49 heavy (non-hydrogen) atoms. The van der Waals surface area contributed by atoms with Crippen molar-refractivity contribution in [2.24, 2.45) is 0 Å². The van der Waals surface area contributed by atoms with Gasteiger partial charge in [0.2, 0.25) is 0 Å². The number of nitrogens with one attached hydrogen (secondary N) is 2. The SMILES string of the molecule is [Zn+2].c1ccc(C2c3ccc([n-]3)C(c3ccccc3)c3ccc([nH]3)C(c3ccccc3)c3ccc([n-]3)C(c3ccccc3)c3ccc2[nH]3)cc1. The molecule has 0 spiro atoms. The van der Waals surface area contributed by atoms with Crippen LogP contribution in [0.3, 0.4) is 0 Å². The maximum absolute atomic E-state index is 5.44. The molecule has 5 heteroatoms. The summed E-state index contributed by atoms with van der Waals surface area (Å²) < 4.78 is 0. The van der Waals surface area contributed by atoms with Crippen molar-refractivity contribution in [2.45, 2.75) is 23.7 Å². The van der Waals surface area contributed by atoms with Crippen LogP contribution in [0.15, 0.2) is 170 Å². The molecule has 8 bridgehead atoms. The van der Waals surface area contributed by atoms with Crippen LogP contribution in [-0.4, -0.2) is 9.97 Å². The van der Waals surface area contributed by atoms with Crippen LogP contribution in [-0.2, 0) is 19.5 Å². The Morgan fingerprint density at radius 1 is 0.286 bits per heavy atom. The smallest absolute Gasteiger partial charge is 0.663 e. The summed E-state index contributed by atoms with van der Waals surface area (Å²) in [4.78, 5) is 18.7. The first kappa shape index (κ1) is 30.9. The number of rotatable bonds is 4. The van der Waals surface area contributed by atoms with Crippen molar-refractivity contribution in [3.05, 3.63) is 238 Å². The summed E-state index contributed by atoms with van der Waals surface area (Å²) in [5, 5.41) is 0. The van der Waals surface area contributed by atoms with Crippen LogP contribution >= 0.6 is 0 Å². The zero-order chi connectivity index (χ0) is 31.9. The summed E-state index contributed by atoms with van der Waals surface area (Å²) in [5.41, 5.74) is 13.3. The topological polar surface area (TPSA) is 59.8 Å². The Hall–Kier alpha value is -5.38. The Balaban J connectivity index is 0.00000348. The summed E-state index contributed by atoms with van der Waals surface area (Å²) >= 11 is 0. The molecule has 0 saturated carbocycles. The first-order valence-corrected chi connectivity index (χ1v) is 16.6. The van der Waals surface area contributed by atoms with E-state index in [9.17, 15) is 0 Å². The number of H-pyrrole nitrogens is 2. The van der Waals surface area contributed by atoms with Gasteiger partial charge in [-0.2, -0.15) is 0 Å². The maximum atomic E-state index is 5.44. The van der Waals surface area contributed by atoms with Gasteiger partial charge in [0, 0.05) is 46.4 Å². The third kappa shape index (κ3) is 5.75. The minimum Gasteiger partial charge on any atom is -0.663 e. The van der Waals surface area contributed by atoms with E-state index in [0.717, 1.165) is 45.6 Å². The second-order valence-electron chi connectivity index (χ2n) is 12.7. The number of fused-ring (bicyclic) bond motifs is 8.